The van der Waals surface area contributed by atoms with Gasteiger partial charge in [-0.1, -0.05) is 28.1 Å². The van der Waals surface area contributed by atoms with Gasteiger partial charge in [-0.15, -0.1) is 0 Å². The van der Waals surface area contributed by atoms with E-state index < -0.39 is 0 Å². The molecule has 3 N–H and O–H groups in total. The molecule has 20 heavy (non-hydrogen) atoms. The van der Waals surface area contributed by atoms with Gasteiger partial charge in [-0.2, -0.15) is 0 Å². The molecule has 2 aromatic rings. The zero-order chi connectivity index (χ0) is 14.5. The van der Waals surface area contributed by atoms with Gasteiger partial charge in [0.25, 0.3) is 5.91 Å². The van der Waals surface area contributed by atoms with Crippen molar-refractivity contribution in [3.63, 3.8) is 0 Å². The van der Waals surface area contributed by atoms with Crippen LogP contribution in [0.2, 0.25) is 0 Å². The van der Waals surface area contributed by atoms with Crippen LogP contribution in [0.5, 0.6) is 0 Å². The molecule has 0 bridgehead atoms. The third-order valence-corrected chi connectivity index (χ3v) is 3.51. The van der Waals surface area contributed by atoms with Gasteiger partial charge in [0.15, 0.2) is 0 Å². The van der Waals surface area contributed by atoms with E-state index in [-0.39, 0.29) is 5.91 Å². The van der Waals surface area contributed by atoms with E-state index in [2.05, 4.69) is 21.4 Å². The molecular weight excluding hydrogens is 318 g/mol. The topological polar surface area (TPSA) is 58.4 Å². The molecule has 104 valence electrons. The number of rotatable bonds is 4. The maximum atomic E-state index is 12.3. The van der Waals surface area contributed by atoms with Crippen LogP contribution in [-0.2, 0) is 6.54 Å². The molecule has 0 radical (unpaired) electrons. The van der Waals surface area contributed by atoms with Crippen LogP contribution in [0.25, 0.3) is 0 Å². The molecule has 0 atom stereocenters. The van der Waals surface area contributed by atoms with Crippen LogP contribution in [0.15, 0.2) is 53.0 Å². The molecule has 0 aliphatic carbocycles. The molecule has 0 saturated carbocycles. The lowest BCUT2D eigenvalue weighted by Gasteiger charge is -2.17. The van der Waals surface area contributed by atoms with Crippen molar-refractivity contribution in [2.24, 2.45) is 5.84 Å². The van der Waals surface area contributed by atoms with Crippen LogP contribution in [0.1, 0.15) is 15.9 Å². The molecule has 0 aliphatic rings. The average molecular weight is 334 g/mol. The Morgan fingerprint density at radius 3 is 2.30 bits per heavy atom. The van der Waals surface area contributed by atoms with Crippen molar-refractivity contribution in [1.29, 1.82) is 0 Å². The highest BCUT2D eigenvalue weighted by atomic mass is 79.9. The lowest BCUT2D eigenvalue weighted by Crippen LogP contribution is -2.26. The molecule has 2 aromatic carbocycles. The number of carbonyl (C=O) groups excluding carboxylic acids is 1. The van der Waals surface area contributed by atoms with Crippen LogP contribution < -0.4 is 11.3 Å². The summed E-state index contributed by atoms with van der Waals surface area (Å²) in [5.41, 5.74) is 5.04. The van der Waals surface area contributed by atoms with Gasteiger partial charge < -0.3 is 10.3 Å². The quantitative estimate of drug-likeness (QED) is 0.668. The number of hydrazine groups is 1. The van der Waals surface area contributed by atoms with Gasteiger partial charge in [0.05, 0.1) is 0 Å². The second-order valence-corrected chi connectivity index (χ2v) is 5.43. The lowest BCUT2D eigenvalue weighted by atomic mass is 10.1. The van der Waals surface area contributed by atoms with E-state index in [9.17, 15) is 4.79 Å². The molecule has 0 unspecified atom stereocenters. The highest BCUT2D eigenvalue weighted by Crippen LogP contribution is 2.14. The van der Waals surface area contributed by atoms with E-state index >= 15 is 0 Å². The fraction of sp³-hybridized carbons (Fsp3) is 0.133. The number of benzene rings is 2. The molecular formula is C15H16BrN3O. The minimum atomic E-state index is -0.0171. The Bertz CT molecular complexity index is 581. The Balaban J connectivity index is 2.05. The first-order chi connectivity index (χ1) is 9.60. The minimum absolute atomic E-state index is 0.0171. The van der Waals surface area contributed by atoms with Crippen molar-refractivity contribution in [2.45, 2.75) is 6.54 Å². The number of hydrogen-bond donors (Lipinski definition) is 2. The largest absolute Gasteiger partial charge is 0.337 e. The lowest BCUT2D eigenvalue weighted by molar-refractivity contribution is 0.0785. The monoisotopic (exact) mass is 333 g/mol. The van der Waals surface area contributed by atoms with Gasteiger partial charge >= 0.3 is 0 Å². The number of hydrogen-bond acceptors (Lipinski definition) is 3. The zero-order valence-electron chi connectivity index (χ0n) is 11.1. The Hall–Kier alpha value is -1.85. The summed E-state index contributed by atoms with van der Waals surface area (Å²) in [7, 11) is 1.79. The summed E-state index contributed by atoms with van der Waals surface area (Å²) >= 11 is 3.39. The summed E-state index contributed by atoms with van der Waals surface area (Å²) in [5, 5.41) is 0. The van der Waals surface area contributed by atoms with Crippen LogP contribution in [0.4, 0.5) is 5.69 Å². The Morgan fingerprint density at radius 1 is 1.15 bits per heavy atom. The molecule has 1 amide bonds. The average Bonchev–Trinajstić information content (AvgIpc) is 2.49. The van der Waals surface area contributed by atoms with Gasteiger partial charge in [0.2, 0.25) is 0 Å². The number of nitrogens with two attached hydrogens (primary N) is 1. The third-order valence-electron chi connectivity index (χ3n) is 2.98. The number of nitrogen functional groups attached to an aromatic ring is 1. The molecule has 0 aromatic heterocycles. The van der Waals surface area contributed by atoms with E-state index in [0.717, 1.165) is 15.7 Å². The number of nitrogens with zero attached hydrogens (tertiary/aromatic N) is 1. The summed E-state index contributed by atoms with van der Waals surface area (Å²) in [5.74, 6) is 5.28. The minimum Gasteiger partial charge on any atom is -0.337 e. The van der Waals surface area contributed by atoms with Gasteiger partial charge in [-0.25, -0.2) is 0 Å². The number of anilines is 1. The number of nitrogens with one attached hydrogen (secondary N) is 1. The predicted octanol–water partition coefficient (Wildman–Crippen LogP) is 3.01. The summed E-state index contributed by atoms with van der Waals surface area (Å²) in [6.45, 7) is 0.572. The number of amides is 1. The summed E-state index contributed by atoms with van der Waals surface area (Å²) in [4.78, 5) is 14.0. The van der Waals surface area contributed by atoms with Crippen LogP contribution in [-0.4, -0.2) is 17.9 Å². The fourth-order valence-corrected chi connectivity index (χ4v) is 2.13. The summed E-state index contributed by atoms with van der Waals surface area (Å²) < 4.78 is 1.03. The molecule has 0 fully saturated rings. The van der Waals surface area contributed by atoms with Crippen LogP contribution in [0.3, 0.4) is 0 Å². The number of carbonyl (C=O) groups is 1. The first kappa shape index (κ1) is 14.6. The zero-order valence-corrected chi connectivity index (χ0v) is 12.7. The van der Waals surface area contributed by atoms with Crippen molar-refractivity contribution >= 4 is 27.5 Å². The van der Waals surface area contributed by atoms with Crippen LogP contribution >= 0.6 is 15.9 Å². The highest BCUT2D eigenvalue weighted by molar-refractivity contribution is 9.10. The molecule has 0 heterocycles. The fourth-order valence-electron chi connectivity index (χ4n) is 1.86. The van der Waals surface area contributed by atoms with Crippen molar-refractivity contribution in [2.75, 3.05) is 12.5 Å². The molecule has 2 rings (SSSR count). The Labute approximate surface area is 126 Å². The first-order valence-corrected chi connectivity index (χ1v) is 6.96. The van der Waals surface area contributed by atoms with Gasteiger partial charge in [0, 0.05) is 29.3 Å². The van der Waals surface area contributed by atoms with E-state index in [1.807, 2.05) is 24.3 Å². The maximum Gasteiger partial charge on any atom is 0.253 e. The van der Waals surface area contributed by atoms with Crippen molar-refractivity contribution in [3.8, 4) is 0 Å². The second-order valence-electron chi connectivity index (χ2n) is 4.51. The van der Waals surface area contributed by atoms with Gasteiger partial charge in [-0.3, -0.25) is 10.6 Å². The van der Waals surface area contributed by atoms with Crippen molar-refractivity contribution < 1.29 is 4.79 Å². The van der Waals surface area contributed by atoms with E-state index in [1.54, 1.807) is 36.2 Å². The smallest absolute Gasteiger partial charge is 0.253 e. The Kier molecular flexibility index (Phi) is 4.76. The van der Waals surface area contributed by atoms with Gasteiger partial charge in [-0.05, 0) is 42.0 Å². The van der Waals surface area contributed by atoms with Crippen LogP contribution in [0, 0.1) is 0 Å². The van der Waals surface area contributed by atoms with E-state index in [0.29, 0.717) is 12.1 Å². The predicted molar refractivity (Wildman–Crippen MR) is 84.2 cm³/mol. The second kappa shape index (κ2) is 6.54. The van der Waals surface area contributed by atoms with E-state index in [4.69, 9.17) is 5.84 Å². The summed E-state index contributed by atoms with van der Waals surface area (Å²) in [6.07, 6.45) is 0. The van der Waals surface area contributed by atoms with Gasteiger partial charge in [0.1, 0.15) is 0 Å². The first-order valence-electron chi connectivity index (χ1n) is 6.17. The molecule has 0 spiro atoms. The standard InChI is InChI=1S/C15H16BrN3O/c1-19(10-11-2-6-13(16)7-3-11)15(20)12-4-8-14(18-17)9-5-12/h2-9,18H,10,17H2,1H3. The normalized spacial score (nSPS) is 10.2. The van der Waals surface area contributed by atoms with Crippen molar-refractivity contribution in [3.05, 3.63) is 64.1 Å². The molecule has 0 aliphatic heterocycles. The SMILES string of the molecule is CN(Cc1ccc(Br)cc1)C(=O)c1ccc(NN)cc1. The molecule has 5 heteroatoms. The number of halogens is 1. The third kappa shape index (κ3) is 3.59. The summed E-state index contributed by atoms with van der Waals surface area (Å²) in [6, 6.07) is 15.0. The maximum absolute atomic E-state index is 12.3. The highest BCUT2D eigenvalue weighted by Gasteiger charge is 2.11. The Morgan fingerprint density at radius 2 is 1.75 bits per heavy atom. The van der Waals surface area contributed by atoms with E-state index in [1.165, 1.54) is 0 Å². The van der Waals surface area contributed by atoms with Crippen molar-refractivity contribution in [1.82, 2.24) is 4.90 Å². The molecule has 4 nitrogen and oxygen atoms in total. The molecule has 0 saturated heterocycles.